The maximum absolute atomic E-state index is 12.0. The monoisotopic (exact) mass is 534 g/mol. The van der Waals surface area contributed by atoms with Gasteiger partial charge in [-0.15, -0.1) is 24.0 Å². The van der Waals surface area contributed by atoms with E-state index in [1.165, 1.54) is 19.3 Å². The second-order valence-electron chi connectivity index (χ2n) is 7.32. The zero-order valence-electron chi connectivity index (χ0n) is 18.6. The minimum atomic E-state index is -0.00377. The van der Waals surface area contributed by atoms with Crippen LogP contribution in [0.25, 0.3) is 0 Å². The summed E-state index contributed by atoms with van der Waals surface area (Å²) >= 11 is 0. The Bertz CT molecular complexity index is 681. The minimum Gasteiger partial charge on any atom is -0.493 e. The number of hydrogen-bond acceptors (Lipinski definition) is 5. The van der Waals surface area contributed by atoms with E-state index in [2.05, 4.69) is 10.6 Å². The highest BCUT2D eigenvalue weighted by Gasteiger charge is 2.16. The molecule has 1 aliphatic carbocycles. The molecule has 0 spiro atoms. The summed E-state index contributed by atoms with van der Waals surface area (Å²) < 4.78 is 16.2. The van der Waals surface area contributed by atoms with Crippen molar-refractivity contribution in [2.24, 2.45) is 4.99 Å². The highest BCUT2D eigenvalue weighted by Crippen LogP contribution is 2.38. The molecule has 2 N–H and O–H groups in total. The number of nitrogens with zero attached hydrogens (tertiary/aromatic N) is 2. The summed E-state index contributed by atoms with van der Waals surface area (Å²) in [6, 6.07) is 4.15. The van der Waals surface area contributed by atoms with E-state index in [-0.39, 0.29) is 36.4 Å². The molecule has 0 aromatic heterocycles. The van der Waals surface area contributed by atoms with Crippen LogP contribution in [0, 0.1) is 0 Å². The topological polar surface area (TPSA) is 84.4 Å². The average Bonchev–Trinajstić information content (AvgIpc) is 2.74. The van der Waals surface area contributed by atoms with Gasteiger partial charge in [0, 0.05) is 20.1 Å². The fourth-order valence-electron chi connectivity index (χ4n) is 3.31. The first kappa shape index (κ1) is 26.1. The molecule has 2 rings (SSSR count). The molecule has 1 aliphatic rings. The number of ether oxygens (including phenoxy) is 3. The molecule has 8 nitrogen and oxygen atoms in total. The summed E-state index contributed by atoms with van der Waals surface area (Å²) in [6.07, 6.45) is 5.95. The third-order valence-electron chi connectivity index (χ3n) is 5.00. The molecule has 0 unspecified atom stereocenters. The first-order chi connectivity index (χ1) is 14.0. The lowest BCUT2D eigenvalue weighted by atomic mass is 9.96. The van der Waals surface area contributed by atoms with E-state index in [9.17, 15) is 4.79 Å². The van der Waals surface area contributed by atoms with Crippen LogP contribution in [-0.2, 0) is 11.3 Å². The van der Waals surface area contributed by atoms with Crippen molar-refractivity contribution in [2.45, 2.75) is 44.7 Å². The normalized spacial score (nSPS) is 14.4. The maximum atomic E-state index is 12.0. The quantitative estimate of drug-likeness (QED) is 0.303. The van der Waals surface area contributed by atoms with Gasteiger partial charge in [-0.1, -0.05) is 19.3 Å². The van der Waals surface area contributed by atoms with Crippen molar-refractivity contribution >= 4 is 35.8 Å². The van der Waals surface area contributed by atoms with Crippen LogP contribution < -0.4 is 24.8 Å². The van der Waals surface area contributed by atoms with Crippen LogP contribution >= 0.6 is 24.0 Å². The molecule has 1 amide bonds. The summed E-state index contributed by atoms with van der Waals surface area (Å²) in [5, 5.41) is 6.64. The number of aliphatic imine (C=N–C) groups is 1. The van der Waals surface area contributed by atoms with Gasteiger partial charge in [-0.2, -0.15) is 0 Å². The molecule has 0 saturated heterocycles. The predicted octanol–water partition coefficient (Wildman–Crippen LogP) is 2.79. The number of carbonyl (C=O) groups is 1. The lowest BCUT2D eigenvalue weighted by Gasteiger charge is -2.25. The van der Waals surface area contributed by atoms with Gasteiger partial charge in [0.2, 0.25) is 11.7 Å². The third-order valence-corrected chi connectivity index (χ3v) is 5.00. The lowest BCUT2D eigenvalue weighted by Crippen LogP contribution is -2.47. The smallest absolute Gasteiger partial charge is 0.241 e. The molecule has 170 valence electrons. The van der Waals surface area contributed by atoms with Crippen molar-refractivity contribution in [3.8, 4) is 17.2 Å². The molecule has 1 aromatic carbocycles. The van der Waals surface area contributed by atoms with Crippen LogP contribution in [0.4, 0.5) is 0 Å². The van der Waals surface area contributed by atoms with Gasteiger partial charge in [0.1, 0.15) is 0 Å². The van der Waals surface area contributed by atoms with Crippen molar-refractivity contribution in [2.75, 3.05) is 42.0 Å². The molecular formula is C21H35IN4O4. The minimum absolute atomic E-state index is 0. The largest absolute Gasteiger partial charge is 0.493 e. The number of guanidine groups is 1. The van der Waals surface area contributed by atoms with E-state index < -0.39 is 0 Å². The summed E-state index contributed by atoms with van der Waals surface area (Å²) in [5.41, 5.74) is 0.920. The fraction of sp³-hybridized carbons (Fsp3) is 0.619. The lowest BCUT2D eigenvalue weighted by molar-refractivity contribution is -0.127. The number of benzene rings is 1. The zero-order chi connectivity index (χ0) is 21.2. The summed E-state index contributed by atoms with van der Waals surface area (Å²) in [5.74, 6) is 2.37. The van der Waals surface area contributed by atoms with Crippen LogP contribution in [0.5, 0.6) is 17.2 Å². The van der Waals surface area contributed by atoms with Gasteiger partial charge >= 0.3 is 0 Å². The van der Waals surface area contributed by atoms with Crippen molar-refractivity contribution < 1.29 is 19.0 Å². The summed E-state index contributed by atoms with van der Waals surface area (Å²) in [4.78, 5) is 18.2. The van der Waals surface area contributed by atoms with Gasteiger partial charge < -0.3 is 29.7 Å². The maximum Gasteiger partial charge on any atom is 0.241 e. The molecule has 0 radical (unpaired) electrons. The van der Waals surface area contributed by atoms with Crippen molar-refractivity contribution in [3.05, 3.63) is 17.7 Å². The number of likely N-dealkylation sites (N-methyl/N-ethyl adjacent to an activating group) is 1. The number of rotatable bonds is 8. The average molecular weight is 534 g/mol. The zero-order valence-corrected chi connectivity index (χ0v) is 20.9. The van der Waals surface area contributed by atoms with Gasteiger partial charge in [0.15, 0.2) is 17.5 Å². The van der Waals surface area contributed by atoms with Crippen LogP contribution in [0.3, 0.4) is 0 Å². The van der Waals surface area contributed by atoms with E-state index in [1.54, 1.807) is 40.3 Å². The molecule has 1 fully saturated rings. The summed E-state index contributed by atoms with van der Waals surface area (Å²) in [7, 11) is 8.25. The van der Waals surface area contributed by atoms with Crippen LogP contribution in [0.1, 0.15) is 37.7 Å². The summed E-state index contributed by atoms with van der Waals surface area (Å²) in [6.45, 7) is 0.607. The Morgan fingerprint density at radius 2 is 1.67 bits per heavy atom. The molecule has 0 bridgehead atoms. The highest BCUT2D eigenvalue weighted by atomic mass is 127. The molecule has 1 saturated carbocycles. The highest BCUT2D eigenvalue weighted by molar-refractivity contribution is 14.0. The standard InChI is InChI=1S/C21H34N4O4.HI/c1-25(2)19(26)14-23-21(24-16-9-7-6-8-10-16)22-13-15-11-17(27-3)20(29-5)18(12-15)28-4;/h11-12,16H,6-10,13-14H2,1-5H3,(H2,22,23,24);1H. The van der Waals surface area contributed by atoms with E-state index in [1.807, 2.05) is 12.1 Å². The van der Waals surface area contributed by atoms with Gasteiger partial charge in [-0.3, -0.25) is 4.79 Å². The molecular weight excluding hydrogens is 499 g/mol. The SMILES string of the molecule is COc1cc(CN=C(NCC(=O)N(C)C)NC2CCCCC2)cc(OC)c1OC.I. The van der Waals surface area contributed by atoms with E-state index in [4.69, 9.17) is 19.2 Å². The van der Waals surface area contributed by atoms with Gasteiger partial charge in [0.05, 0.1) is 34.4 Å². The Labute approximate surface area is 196 Å². The second kappa shape index (κ2) is 13.4. The van der Waals surface area contributed by atoms with Gasteiger partial charge in [-0.25, -0.2) is 4.99 Å². The van der Waals surface area contributed by atoms with E-state index >= 15 is 0 Å². The van der Waals surface area contributed by atoms with E-state index in [0.717, 1.165) is 18.4 Å². The Kier molecular flexibility index (Phi) is 11.7. The molecule has 0 aliphatic heterocycles. The number of methoxy groups -OCH3 is 3. The predicted molar refractivity (Wildman–Crippen MR) is 129 cm³/mol. The van der Waals surface area contributed by atoms with Crippen LogP contribution in [0.15, 0.2) is 17.1 Å². The third kappa shape index (κ3) is 7.73. The number of hydrogen-bond donors (Lipinski definition) is 2. The molecule has 0 atom stereocenters. The Morgan fingerprint density at radius 3 is 2.17 bits per heavy atom. The molecule has 30 heavy (non-hydrogen) atoms. The van der Waals surface area contributed by atoms with Crippen molar-refractivity contribution in [1.29, 1.82) is 0 Å². The van der Waals surface area contributed by atoms with Gasteiger partial charge in [0.25, 0.3) is 0 Å². The first-order valence-corrected chi connectivity index (χ1v) is 10.0. The number of amides is 1. The van der Waals surface area contributed by atoms with Crippen molar-refractivity contribution in [1.82, 2.24) is 15.5 Å². The second-order valence-corrected chi connectivity index (χ2v) is 7.32. The Balaban J connectivity index is 0.00000450. The fourth-order valence-corrected chi connectivity index (χ4v) is 3.31. The molecule has 9 heteroatoms. The number of halogens is 1. The molecule has 1 aromatic rings. The number of nitrogens with one attached hydrogen (secondary N) is 2. The van der Waals surface area contributed by atoms with Crippen molar-refractivity contribution in [3.63, 3.8) is 0 Å². The Morgan fingerprint density at radius 1 is 1.07 bits per heavy atom. The molecule has 0 heterocycles. The first-order valence-electron chi connectivity index (χ1n) is 10.0. The van der Waals surface area contributed by atoms with E-state index in [0.29, 0.717) is 35.8 Å². The number of carbonyl (C=O) groups excluding carboxylic acids is 1. The Hall–Kier alpha value is -1.91. The van der Waals surface area contributed by atoms with Crippen LogP contribution in [-0.4, -0.2) is 64.8 Å². The van der Waals surface area contributed by atoms with Crippen LogP contribution in [0.2, 0.25) is 0 Å². The van der Waals surface area contributed by atoms with Gasteiger partial charge in [-0.05, 0) is 30.5 Å².